The number of carbonyl (C=O) groups is 2. The van der Waals surface area contributed by atoms with Gasteiger partial charge in [-0.15, -0.1) is 11.8 Å². The van der Waals surface area contributed by atoms with Crippen molar-refractivity contribution in [1.82, 2.24) is 20.0 Å². The van der Waals surface area contributed by atoms with Crippen molar-refractivity contribution in [3.05, 3.63) is 88.2 Å². The number of carbonyl (C=O) groups excluding carboxylic acids is 2. The fourth-order valence-electron chi connectivity index (χ4n) is 4.07. The van der Waals surface area contributed by atoms with E-state index in [0.29, 0.717) is 27.3 Å². The predicted octanol–water partition coefficient (Wildman–Crippen LogP) is 3.81. The van der Waals surface area contributed by atoms with Crippen molar-refractivity contribution in [3.63, 3.8) is 0 Å². The van der Waals surface area contributed by atoms with E-state index in [4.69, 9.17) is 4.74 Å². The maximum atomic E-state index is 13.4. The fraction of sp³-hybridized carbons (Fsp3) is 0.185. The van der Waals surface area contributed by atoms with Crippen LogP contribution in [0.3, 0.4) is 0 Å². The smallest absolute Gasteiger partial charge is 0.266 e. The number of phenols is 1. The lowest BCUT2D eigenvalue weighted by molar-refractivity contribution is -0.138. The van der Waals surface area contributed by atoms with Crippen molar-refractivity contribution < 1.29 is 19.4 Å². The van der Waals surface area contributed by atoms with Gasteiger partial charge in [-0.05, 0) is 48.9 Å². The number of ether oxygens (including phenoxy) is 1. The number of hydrazine groups is 1. The molecule has 2 amide bonds. The zero-order valence-electron chi connectivity index (χ0n) is 20.6. The Morgan fingerprint density at radius 2 is 1.92 bits per heavy atom. The van der Waals surface area contributed by atoms with Gasteiger partial charge in [0.1, 0.15) is 5.37 Å². The van der Waals surface area contributed by atoms with Crippen molar-refractivity contribution in [2.75, 3.05) is 18.6 Å². The van der Waals surface area contributed by atoms with Crippen LogP contribution in [0.4, 0.5) is 0 Å². The summed E-state index contributed by atoms with van der Waals surface area (Å²) in [5.74, 6) is -0.275. The highest BCUT2D eigenvalue weighted by Gasteiger charge is 2.35. The van der Waals surface area contributed by atoms with E-state index in [-0.39, 0.29) is 34.5 Å². The van der Waals surface area contributed by atoms with Crippen molar-refractivity contribution in [2.45, 2.75) is 17.5 Å². The van der Waals surface area contributed by atoms with Crippen molar-refractivity contribution in [1.29, 1.82) is 0 Å². The average Bonchev–Trinajstić information content (AvgIpc) is 3.28. The van der Waals surface area contributed by atoms with Gasteiger partial charge < -0.3 is 9.84 Å². The number of hydrogen-bond donors (Lipinski definition) is 2. The van der Waals surface area contributed by atoms with Crippen LogP contribution >= 0.6 is 23.5 Å². The normalized spacial score (nSPS) is 15.2. The third kappa shape index (κ3) is 5.07. The largest absolute Gasteiger partial charge is 0.504 e. The number of phenolic OH excluding ortho intramolecular Hbond substituents is 1. The molecule has 1 aliphatic rings. The van der Waals surface area contributed by atoms with Gasteiger partial charge in [0.15, 0.2) is 16.7 Å². The monoisotopic (exact) mass is 548 g/mol. The van der Waals surface area contributed by atoms with E-state index in [2.05, 4.69) is 10.4 Å². The molecule has 38 heavy (non-hydrogen) atoms. The lowest BCUT2D eigenvalue weighted by Crippen LogP contribution is -2.45. The van der Waals surface area contributed by atoms with E-state index in [1.54, 1.807) is 36.4 Å². The third-order valence-corrected chi connectivity index (χ3v) is 8.12. The van der Waals surface area contributed by atoms with Gasteiger partial charge in [-0.3, -0.25) is 24.4 Å². The lowest BCUT2D eigenvalue weighted by atomic mass is 10.2. The minimum atomic E-state index is -0.476. The Hall–Kier alpha value is -3.96. The molecule has 2 N–H and O–H groups in total. The summed E-state index contributed by atoms with van der Waals surface area (Å²) in [5, 5.41) is 11.6. The van der Waals surface area contributed by atoms with Gasteiger partial charge in [0, 0.05) is 0 Å². The summed E-state index contributed by atoms with van der Waals surface area (Å²) < 4.78 is 6.68. The van der Waals surface area contributed by atoms with Crippen LogP contribution in [-0.4, -0.2) is 50.1 Å². The molecule has 9 nitrogen and oxygen atoms in total. The number of aromatic hydroxyl groups is 1. The first-order chi connectivity index (χ1) is 18.4. The van der Waals surface area contributed by atoms with E-state index >= 15 is 0 Å². The van der Waals surface area contributed by atoms with Crippen LogP contribution in [0.15, 0.2) is 76.7 Å². The summed E-state index contributed by atoms with van der Waals surface area (Å²) in [6.07, 6.45) is 0. The number of aryl methyl sites for hydroxylation is 1. The number of nitrogens with zero attached hydrogens (tertiary/aromatic N) is 3. The Kier molecular flexibility index (Phi) is 7.30. The Morgan fingerprint density at radius 1 is 1.16 bits per heavy atom. The molecule has 0 bridgehead atoms. The summed E-state index contributed by atoms with van der Waals surface area (Å²) in [5.41, 5.74) is 5.42. The predicted molar refractivity (Wildman–Crippen MR) is 148 cm³/mol. The zero-order valence-corrected chi connectivity index (χ0v) is 22.2. The maximum absolute atomic E-state index is 13.4. The van der Waals surface area contributed by atoms with Gasteiger partial charge in [0.05, 0.1) is 35.2 Å². The molecular weight excluding hydrogens is 524 g/mol. The first kappa shape index (κ1) is 25.7. The van der Waals surface area contributed by atoms with Crippen LogP contribution in [0.2, 0.25) is 0 Å². The molecule has 11 heteroatoms. The molecule has 1 fully saturated rings. The van der Waals surface area contributed by atoms with Gasteiger partial charge in [-0.25, -0.2) is 9.99 Å². The number of hydrogen-bond acceptors (Lipinski definition) is 8. The Morgan fingerprint density at radius 3 is 2.68 bits per heavy atom. The van der Waals surface area contributed by atoms with E-state index in [0.717, 1.165) is 17.3 Å². The van der Waals surface area contributed by atoms with E-state index in [1.165, 1.54) is 34.5 Å². The van der Waals surface area contributed by atoms with Gasteiger partial charge in [0.25, 0.3) is 11.5 Å². The quantitative estimate of drug-likeness (QED) is 0.265. The minimum absolute atomic E-state index is 0.0138. The number of nitrogens with one attached hydrogen (secondary N) is 1. The summed E-state index contributed by atoms with van der Waals surface area (Å²) in [7, 11) is 1.44. The number of amides is 2. The second-order valence-electron chi connectivity index (χ2n) is 8.57. The maximum Gasteiger partial charge on any atom is 0.266 e. The molecule has 2 heterocycles. The molecule has 1 aromatic heterocycles. The zero-order chi connectivity index (χ0) is 26.8. The number of methoxy groups -OCH3 is 1. The number of thioether (sulfide) groups is 2. The second kappa shape index (κ2) is 10.8. The van der Waals surface area contributed by atoms with Crippen molar-refractivity contribution in [2.24, 2.45) is 0 Å². The summed E-state index contributed by atoms with van der Waals surface area (Å²) in [4.78, 5) is 43.7. The standard InChI is InChI=1S/C27H24N4O5S2/c1-16-7-10-18(11-8-16)30-25(35)19-5-3-4-6-20(19)28-27(30)38-14-23(33)29-31-24(34)15-37-26(31)17-9-12-21(32)22(13-17)36-2/h3-13,26,32H,14-15H2,1-2H3,(H,29,33). The molecule has 1 unspecified atom stereocenters. The first-order valence-corrected chi connectivity index (χ1v) is 13.7. The van der Waals surface area contributed by atoms with E-state index in [9.17, 15) is 19.5 Å². The highest BCUT2D eigenvalue weighted by atomic mass is 32.2. The number of benzene rings is 3. The topological polar surface area (TPSA) is 114 Å². The van der Waals surface area contributed by atoms with Crippen LogP contribution in [0.25, 0.3) is 16.6 Å². The van der Waals surface area contributed by atoms with Gasteiger partial charge in [0.2, 0.25) is 5.91 Å². The Balaban J connectivity index is 1.39. The molecule has 194 valence electrons. The Bertz CT molecular complexity index is 1590. The van der Waals surface area contributed by atoms with Crippen LogP contribution in [0, 0.1) is 6.92 Å². The molecule has 1 aliphatic heterocycles. The van der Waals surface area contributed by atoms with Crippen molar-refractivity contribution >= 4 is 46.2 Å². The summed E-state index contributed by atoms with van der Waals surface area (Å²) >= 11 is 2.47. The molecule has 0 spiro atoms. The molecular formula is C27H24N4O5S2. The highest BCUT2D eigenvalue weighted by molar-refractivity contribution is 8.00. The molecule has 0 saturated carbocycles. The molecule has 4 aromatic rings. The van der Waals surface area contributed by atoms with E-state index < -0.39 is 11.3 Å². The van der Waals surface area contributed by atoms with Crippen LogP contribution in [0.1, 0.15) is 16.5 Å². The molecule has 0 radical (unpaired) electrons. The van der Waals surface area contributed by atoms with E-state index in [1.807, 2.05) is 31.2 Å². The van der Waals surface area contributed by atoms with Gasteiger partial charge in [-0.1, -0.05) is 47.7 Å². The Labute approximate surface area is 226 Å². The van der Waals surface area contributed by atoms with Crippen LogP contribution in [0.5, 0.6) is 11.5 Å². The molecule has 1 atom stereocenters. The fourth-order valence-corrected chi connectivity index (χ4v) is 5.97. The number of fused-ring (bicyclic) bond motifs is 1. The van der Waals surface area contributed by atoms with Crippen LogP contribution < -0.4 is 15.7 Å². The minimum Gasteiger partial charge on any atom is -0.504 e. The summed E-state index contributed by atoms with van der Waals surface area (Å²) in [6, 6.07) is 19.4. The summed E-state index contributed by atoms with van der Waals surface area (Å²) in [6.45, 7) is 1.96. The van der Waals surface area contributed by atoms with Crippen molar-refractivity contribution in [3.8, 4) is 17.2 Å². The lowest BCUT2D eigenvalue weighted by Gasteiger charge is -2.25. The molecule has 3 aromatic carbocycles. The van der Waals surface area contributed by atoms with Gasteiger partial charge >= 0.3 is 0 Å². The van der Waals surface area contributed by atoms with Crippen LogP contribution in [-0.2, 0) is 9.59 Å². The molecule has 5 rings (SSSR count). The van der Waals surface area contributed by atoms with Gasteiger partial charge in [-0.2, -0.15) is 0 Å². The molecule has 0 aliphatic carbocycles. The SMILES string of the molecule is COc1cc(C2SCC(=O)N2NC(=O)CSc2nc3ccccc3c(=O)n2-c2ccc(C)cc2)ccc1O. The second-order valence-corrected chi connectivity index (χ2v) is 10.6. The first-order valence-electron chi connectivity index (χ1n) is 11.7. The number of para-hydroxylation sites is 1. The molecule has 1 saturated heterocycles. The number of aromatic nitrogens is 2. The average molecular weight is 549 g/mol. The number of rotatable bonds is 7. The third-order valence-electron chi connectivity index (χ3n) is 5.97. The highest BCUT2D eigenvalue weighted by Crippen LogP contribution is 2.40.